The molecule has 1 fully saturated rings. The van der Waals surface area contributed by atoms with E-state index in [2.05, 4.69) is 5.32 Å². The van der Waals surface area contributed by atoms with Gasteiger partial charge in [-0.25, -0.2) is 0 Å². The van der Waals surface area contributed by atoms with Crippen LogP contribution < -0.4 is 5.32 Å². The summed E-state index contributed by atoms with van der Waals surface area (Å²) in [4.78, 5) is 22.7. The number of halogens is 1. The van der Waals surface area contributed by atoms with Crippen LogP contribution in [0, 0.1) is 17.0 Å². The lowest BCUT2D eigenvalue weighted by atomic mass is 9.91. The number of alkyl halides is 1. The van der Waals surface area contributed by atoms with Crippen molar-refractivity contribution in [1.29, 1.82) is 0 Å². The molecule has 0 spiro atoms. The van der Waals surface area contributed by atoms with Crippen LogP contribution in [0.5, 0.6) is 0 Å². The van der Waals surface area contributed by atoms with Gasteiger partial charge in [-0.2, -0.15) is 0 Å². The fourth-order valence-electron chi connectivity index (χ4n) is 2.37. The lowest BCUT2D eigenvalue weighted by molar-refractivity contribution is -0.384. The van der Waals surface area contributed by atoms with E-state index in [1.807, 2.05) is 0 Å². The van der Waals surface area contributed by atoms with Gasteiger partial charge in [-0.1, -0.05) is 0 Å². The molecular formula is C14H17ClN2O4. The fourth-order valence-corrected chi connectivity index (χ4v) is 2.70. The van der Waals surface area contributed by atoms with Crippen LogP contribution in [-0.2, 0) is 4.74 Å². The van der Waals surface area contributed by atoms with Gasteiger partial charge in [0.15, 0.2) is 0 Å². The molecule has 0 atom stereocenters. The van der Waals surface area contributed by atoms with Gasteiger partial charge in [0, 0.05) is 36.8 Å². The molecule has 1 saturated heterocycles. The molecule has 0 aromatic heterocycles. The van der Waals surface area contributed by atoms with Gasteiger partial charge in [-0.3, -0.25) is 14.9 Å². The number of hydrogen-bond donors (Lipinski definition) is 1. The van der Waals surface area contributed by atoms with Gasteiger partial charge < -0.3 is 10.1 Å². The lowest BCUT2D eigenvalue weighted by Gasteiger charge is -2.36. The molecule has 1 aliphatic heterocycles. The standard InChI is InChI=1S/C14H17ClN2O4/c1-10-6-11(8-12(7-10)17(19)20)13(18)16-14(9-15)2-4-21-5-3-14/h6-8H,2-5,9H2,1H3,(H,16,18). The van der Waals surface area contributed by atoms with Crippen LogP contribution >= 0.6 is 11.6 Å². The van der Waals surface area contributed by atoms with E-state index in [0.29, 0.717) is 31.6 Å². The largest absolute Gasteiger partial charge is 0.381 e. The molecule has 1 aromatic carbocycles. The normalized spacial score (nSPS) is 17.2. The number of carbonyl (C=O) groups excluding carboxylic acids is 1. The number of nitro groups is 1. The quantitative estimate of drug-likeness (QED) is 0.526. The zero-order chi connectivity index (χ0) is 15.5. The summed E-state index contributed by atoms with van der Waals surface area (Å²) in [7, 11) is 0. The van der Waals surface area contributed by atoms with Crippen molar-refractivity contribution in [2.24, 2.45) is 0 Å². The summed E-state index contributed by atoms with van der Waals surface area (Å²) in [5.41, 5.74) is 0.348. The molecule has 0 aliphatic carbocycles. The SMILES string of the molecule is Cc1cc(C(=O)NC2(CCl)CCOCC2)cc([N+](=O)[O-])c1. The van der Waals surface area contributed by atoms with Crippen molar-refractivity contribution in [3.05, 3.63) is 39.4 Å². The van der Waals surface area contributed by atoms with E-state index in [1.165, 1.54) is 12.1 Å². The summed E-state index contributed by atoms with van der Waals surface area (Å²) >= 11 is 6.00. The highest BCUT2D eigenvalue weighted by Gasteiger charge is 2.33. The second-order valence-electron chi connectivity index (χ2n) is 5.29. The van der Waals surface area contributed by atoms with Gasteiger partial charge in [0.2, 0.25) is 0 Å². The molecule has 0 bridgehead atoms. The maximum atomic E-state index is 12.4. The number of rotatable bonds is 4. The predicted octanol–water partition coefficient (Wildman–Crippen LogP) is 2.42. The van der Waals surface area contributed by atoms with E-state index < -0.39 is 10.5 Å². The molecule has 0 saturated carbocycles. The van der Waals surface area contributed by atoms with E-state index in [4.69, 9.17) is 16.3 Å². The third-order valence-electron chi connectivity index (χ3n) is 3.62. The second kappa shape index (κ2) is 6.41. The number of carbonyl (C=O) groups is 1. The average Bonchev–Trinajstić information content (AvgIpc) is 2.47. The van der Waals surface area contributed by atoms with Crippen molar-refractivity contribution < 1.29 is 14.5 Å². The van der Waals surface area contributed by atoms with Crippen LogP contribution in [0.2, 0.25) is 0 Å². The molecule has 7 heteroatoms. The van der Waals surface area contributed by atoms with Crippen LogP contribution in [0.15, 0.2) is 18.2 Å². The predicted molar refractivity (Wildman–Crippen MR) is 78.8 cm³/mol. The van der Waals surface area contributed by atoms with Gasteiger partial charge in [-0.05, 0) is 31.4 Å². The number of nitrogens with one attached hydrogen (secondary N) is 1. The maximum absolute atomic E-state index is 12.4. The minimum Gasteiger partial charge on any atom is -0.381 e. The molecule has 0 unspecified atom stereocenters. The van der Waals surface area contributed by atoms with Gasteiger partial charge in [0.1, 0.15) is 0 Å². The monoisotopic (exact) mass is 312 g/mol. The van der Waals surface area contributed by atoms with Crippen LogP contribution in [0.4, 0.5) is 5.69 Å². The summed E-state index contributed by atoms with van der Waals surface area (Å²) in [6.07, 6.45) is 1.27. The smallest absolute Gasteiger partial charge is 0.270 e. The fraction of sp³-hybridized carbons (Fsp3) is 0.500. The zero-order valence-electron chi connectivity index (χ0n) is 11.7. The Morgan fingerprint density at radius 1 is 1.43 bits per heavy atom. The molecule has 2 rings (SSSR count). The molecule has 6 nitrogen and oxygen atoms in total. The molecule has 1 aliphatic rings. The lowest BCUT2D eigenvalue weighted by Crippen LogP contribution is -2.53. The number of nitro benzene ring substituents is 1. The highest BCUT2D eigenvalue weighted by molar-refractivity contribution is 6.19. The first kappa shape index (κ1) is 15.7. The van der Waals surface area contributed by atoms with E-state index in [1.54, 1.807) is 13.0 Å². The van der Waals surface area contributed by atoms with Crippen molar-refractivity contribution in [1.82, 2.24) is 5.32 Å². The topological polar surface area (TPSA) is 81.5 Å². The number of ether oxygens (including phenoxy) is 1. The third-order valence-corrected chi connectivity index (χ3v) is 4.13. The highest BCUT2D eigenvalue weighted by Crippen LogP contribution is 2.24. The Morgan fingerprint density at radius 2 is 2.10 bits per heavy atom. The van der Waals surface area contributed by atoms with E-state index in [9.17, 15) is 14.9 Å². The Morgan fingerprint density at radius 3 is 2.67 bits per heavy atom. The first-order chi connectivity index (χ1) is 9.96. The van der Waals surface area contributed by atoms with Crippen LogP contribution in [-0.4, -0.2) is 35.5 Å². The molecule has 1 heterocycles. The number of hydrogen-bond acceptors (Lipinski definition) is 4. The van der Waals surface area contributed by atoms with Crippen LogP contribution in [0.25, 0.3) is 0 Å². The number of nitrogens with zero attached hydrogens (tertiary/aromatic N) is 1. The molecular weight excluding hydrogens is 296 g/mol. The van der Waals surface area contributed by atoms with Crippen molar-refractivity contribution in [3.8, 4) is 0 Å². The third kappa shape index (κ3) is 3.71. The summed E-state index contributed by atoms with van der Waals surface area (Å²) in [5, 5.41) is 13.8. The van der Waals surface area contributed by atoms with E-state index in [0.717, 1.165) is 0 Å². The first-order valence-electron chi connectivity index (χ1n) is 6.68. The minimum atomic E-state index is -0.505. The van der Waals surface area contributed by atoms with E-state index in [-0.39, 0.29) is 23.0 Å². The zero-order valence-corrected chi connectivity index (χ0v) is 12.5. The van der Waals surface area contributed by atoms with E-state index >= 15 is 0 Å². The number of non-ortho nitro benzene ring substituents is 1. The molecule has 0 radical (unpaired) electrons. The van der Waals surface area contributed by atoms with Crippen LogP contribution in [0.1, 0.15) is 28.8 Å². The van der Waals surface area contributed by atoms with Crippen molar-refractivity contribution in [3.63, 3.8) is 0 Å². The van der Waals surface area contributed by atoms with Crippen molar-refractivity contribution >= 4 is 23.2 Å². The molecule has 1 N–H and O–H groups in total. The van der Waals surface area contributed by atoms with Crippen molar-refractivity contribution in [2.45, 2.75) is 25.3 Å². The van der Waals surface area contributed by atoms with Gasteiger partial charge >= 0.3 is 0 Å². The molecule has 1 amide bonds. The second-order valence-corrected chi connectivity index (χ2v) is 5.56. The Bertz CT molecular complexity index is 556. The van der Waals surface area contributed by atoms with Gasteiger partial charge in [0.25, 0.3) is 11.6 Å². The molecule has 21 heavy (non-hydrogen) atoms. The summed E-state index contributed by atoms with van der Waals surface area (Å²) in [5.74, 6) is -0.0555. The van der Waals surface area contributed by atoms with Gasteiger partial charge in [-0.15, -0.1) is 11.6 Å². The summed E-state index contributed by atoms with van der Waals surface area (Å²) in [6, 6.07) is 4.34. The molecule has 114 valence electrons. The molecule has 1 aromatic rings. The van der Waals surface area contributed by atoms with Crippen molar-refractivity contribution in [2.75, 3.05) is 19.1 Å². The average molecular weight is 313 g/mol. The minimum absolute atomic E-state index is 0.0907. The highest BCUT2D eigenvalue weighted by atomic mass is 35.5. The number of benzene rings is 1. The summed E-state index contributed by atoms with van der Waals surface area (Å²) < 4.78 is 5.28. The Kier molecular flexibility index (Phi) is 4.80. The Labute approximate surface area is 127 Å². The Balaban J connectivity index is 2.21. The summed E-state index contributed by atoms with van der Waals surface area (Å²) in [6.45, 7) is 2.80. The Hall–Kier alpha value is -1.66. The maximum Gasteiger partial charge on any atom is 0.270 e. The van der Waals surface area contributed by atoms with Gasteiger partial charge in [0.05, 0.1) is 10.5 Å². The number of amides is 1. The number of aryl methyl sites for hydroxylation is 1. The first-order valence-corrected chi connectivity index (χ1v) is 7.21. The van der Waals surface area contributed by atoms with Crippen LogP contribution in [0.3, 0.4) is 0 Å².